The maximum atomic E-state index is 13.1. The topological polar surface area (TPSA) is 93.9 Å². The van der Waals surface area contributed by atoms with Gasteiger partial charge >= 0.3 is 6.03 Å². The molecule has 0 aliphatic heterocycles. The molecule has 0 spiro atoms. The van der Waals surface area contributed by atoms with Crippen LogP contribution in [0.5, 0.6) is 0 Å². The molecule has 184 valence electrons. The minimum absolute atomic E-state index is 0.175. The zero-order valence-corrected chi connectivity index (χ0v) is 20.8. The quantitative estimate of drug-likeness (QED) is 0.405. The summed E-state index contributed by atoms with van der Waals surface area (Å²) in [5, 5.41) is 5.82. The lowest BCUT2D eigenvalue weighted by molar-refractivity contribution is 0.102. The van der Waals surface area contributed by atoms with Crippen LogP contribution < -0.4 is 21.3 Å². The maximum Gasteiger partial charge on any atom is 0.322 e. The molecule has 0 fully saturated rings. The highest BCUT2D eigenvalue weighted by Crippen LogP contribution is 2.19. The molecule has 0 aliphatic carbocycles. The lowest BCUT2D eigenvalue weighted by atomic mass is 10.1. The van der Waals surface area contributed by atoms with E-state index >= 15 is 0 Å². The largest absolute Gasteiger partial charge is 0.397 e. The molecule has 0 atom stereocenters. The molecule has 0 heterocycles. The van der Waals surface area contributed by atoms with Crippen molar-refractivity contribution in [2.24, 2.45) is 0 Å². The van der Waals surface area contributed by atoms with Crippen LogP contribution in [0.1, 0.15) is 15.9 Å². The first-order valence-electron chi connectivity index (χ1n) is 11.5. The Labute approximate surface area is 207 Å². The van der Waals surface area contributed by atoms with Crippen LogP contribution in [0.4, 0.5) is 27.5 Å². The minimum Gasteiger partial charge on any atom is -0.397 e. The molecule has 0 saturated heterocycles. The van der Waals surface area contributed by atoms with Crippen LogP contribution >= 0.6 is 0 Å². The molecule has 0 aromatic heterocycles. The molecule has 8 nitrogen and oxygen atoms in total. The number of rotatable bonds is 9. The average Bonchev–Trinajstić information content (AvgIpc) is 2.83. The van der Waals surface area contributed by atoms with Crippen molar-refractivity contribution in [1.82, 2.24) is 9.80 Å². The average molecular weight is 475 g/mol. The third kappa shape index (κ3) is 7.48. The minimum atomic E-state index is -0.238. The number of anilines is 4. The van der Waals surface area contributed by atoms with E-state index in [1.807, 2.05) is 86.5 Å². The predicted molar refractivity (Wildman–Crippen MR) is 144 cm³/mol. The van der Waals surface area contributed by atoms with Gasteiger partial charge in [-0.1, -0.05) is 24.3 Å². The fraction of sp³-hybridized carbons (Fsp3) is 0.259. The Kier molecular flexibility index (Phi) is 8.69. The number of nitrogens with one attached hydrogen (secondary N) is 2. The molecule has 3 aromatic rings. The first kappa shape index (κ1) is 25.6. The number of likely N-dealkylation sites (N-methyl/N-ethyl adjacent to an activating group) is 1. The summed E-state index contributed by atoms with van der Waals surface area (Å²) < 4.78 is 0. The fourth-order valence-corrected chi connectivity index (χ4v) is 3.41. The van der Waals surface area contributed by atoms with Gasteiger partial charge < -0.3 is 31.1 Å². The number of hydrogen-bond acceptors (Lipinski definition) is 5. The Morgan fingerprint density at radius 1 is 0.800 bits per heavy atom. The Morgan fingerprint density at radius 3 is 2.06 bits per heavy atom. The number of nitrogens with two attached hydrogens (primary N) is 1. The molecule has 3 rings (SSSR count). The van der Waals surface area contributed by atoms with Gasteiger partial charge in [-0.2, -0.15) is 0 Å². The van der Waals surface area contributed by atoms with Crippen LogP contribution in [0.25, 0.3) is 0 Å². The van der Waals surface area contributed by atoms with Crippen molar-refractivity contribution >= 4 is 34.7 Å². The number of carbonyl (C=O) groups excluding carboxylic acids is 2. The molecule has 3 aromatic carbocycles. The molecule has 0 aliphatic rings. The summed E-state index contributed by atoms with van der Waals surface area (Å²) in [6.45, 7) is 1.71. The number of benzene rings is 3. The summed E-state index contributed by atoms with van der Waals surface area (Å²) in [6.07, 6.45) is 0. The summed E-state index contributed by atoms with van der Waals surface area (Å²) in [6, 6.07) is 21.9. The molecule has 4 N–H and O–H groups in total. The highest BCUT2D eigenvalue weighted by molar-refractivity contribution is 6.05. The van der Waals surface area contributed by atoms with E-state index in [2.05, 4.69) is 10.6 Å². The van der Waals surface area contributed by atoms with Crippen molar-refractivity contribution in [3.8, 4) is 0 Å². The number of amides is 3. The monoisotopic (exact) mass is 474 g/mol. The van der Waals surface area contributed by atoms with Gasteiger partial charge in [-0.25, -0.2) is 4.79 Å². The van der Waals surface area contributed by atoms with E-state index in [1.165, 1.54) is 0 Å². The zero-order valence-electron chi connectivity index (χ0n) is 20.8. The van der Waals surface area contributed by atoms with Crippen LogP contribution in [-0.2, 0) is 6.54 Å². The van der Waals surface area contributed by atoms with Crippen LogP contribution in [0.2, 0.25) is 0 Å². The number of hydrogen-bond donors (Lipinski definition) is 3. The van der Waals surface area contributed by atoms with Gasteiger partial charge in [0.1, 0.15) is 0 Å². The van der Waals surface area contributed by atoms with Gasteiger partial charge in [0, 0.05) is 50.7 Å². The zero-order chi connectivity index (χ0) is 25.4. The van der Waals surface area contributed by atoms with Gasteiger partial charge in [-0.3, -0.25) is 4.79 Å². The van der Waals surface area contributed by atoms with Gasteiger partial charge in [-0.15, -0.1) is 0 Å². The number of nitrogens with zero attached hydrogens (tertiary/aromatic N) is 3. The molecule has 0 saturated carbocycles. The molecular formula is C27H34N6O2. The van der Waals surface area contributed by atoms with E-state index in [-0.39, 0.29) is 11.9 Å². The molecule has 0 radical (unpaired) electrons. The number of nitrogen functional groups attached to an aromatic ring is 1. The normalized spacial score (nSPS) is 10.7. The standard InChI is InChI=1S/C27H34N6O2/c1-31(2)17-18-33(27(35)29-22-13-15-23(16-14-22)32(3)4)19-20-9-11-21(12-10-20)26(34)30-25-8-6-5-7-24(25)28/h5-16H,17-19,28H2,1-4H3,(H,29,35)(H,30,34). The number of carbonyl (C=O) groups is 2. The summed E-state index contributed by atoms with van der Waals surface area (Å²) in [7, 11) is 7.90. The highest BCUT2D eigenvalue weighted by Gasteiger charge is 2.16. The number of urea groups is 1. The van der Waals surface area contributed by atoms with Crippen molar-refractivity contribution in [2.45, 2.75) is 6.54 Å². The van der Waals surface area contributed by atoms with Crippen molar-refractivity contribution in [3.63, 3.8) is 0 Å². The Balaban J connectivity index is 1.67. The van der Waals surface area contributed by atoms with Gasteiger partial charge in [0.15, 0.2) is 0 Å². The predicted octanol–water partition coefficient (Wildman–Crippen LogP) is 4.18. The smallest absolute Gasteiger partial charge is 0.322 e. The van der Waals surface area contributed by atoms with Gasteiger partial charge in [0.25, 0.3) is 5.91 Å². The van der Waals surface area contributed by atoms with E-state index in [4.69, 9.17) is 5.73 Å². The Hall–Kier alpha value is -4.04. The lowest BCUT2D eigenvalue weighted by Gasteiger charge is -2.25. The lowest BCUT2D eigenvalue weighted by Crippen LogP contribution is -2.39. The fourth-order valence-electron chi connectivity index (χ4n) is 3.41. The van der Waals surface area contributed by atoms with Crippen LogP contribution in [0.15, 0.2) is 72.8 Å². The van der Waals surface area contributed by atoms with E-state index in [1.54, 1.807) is 29.2 Å². The van der Waals surface area contributed by atoms with Crippen LogP contribution in [0, 0.1) is 0 Å². The van der Waals surface area contributed by atoms with Crippen molar-refractivity contribution < 1.29 is 9.59 Å². The molecule has 35 heavy (non-hydrogen) atoms. The van der Waals surface area contributed by atoms with Gasteiger partial charge in [0.2, 0.25) is 0 Å². The van der Waals surface area contributed by atoms with Crippen molar-refractivity contribution in [3.05, 3.63) is 83.9 Å². The summed E-state index contributed by atoms with van der Waals surface area (Å²) in [5.74, 6) is -0.238. The third-order valence-electron chi connectivity index (χ3n) is 5.54. The van der Waals surface area contributed by atoms with E-state index in [0.717, 1.165) is 23.5 Å². The molecule has 8 heteroatoms. The SMILES string of the molecule is CN(C)CCN(Cc1ccc(C(=O)Nc2ccccc2N)cc1)C(=O)Nc1ccc(N(C)C)cc1. The number of para-hydroxylation sites is 2. The van der Waals surface area contributed by atoms with Crippen molar-refractivity contribution in [1.29, 1.82) is 0 Å². The van der Waals surface area contributed by atoms with Gasteiger partial charge in [-0.05, 0) is 68.2 Å². The molecule has 0 unspecified atom stereocenters. The summed E-state index contributed by atoms with van der Waals surface area (Å²) in [4.78, 5) is 31.5. The van der Waals surface area contributed by atoms with Crippen LogP contribution in [-0.4, -0.2) is 63.0 Å². The Morgan fingerprint density at radius 2 is 1.46 bits per heavy atom. The maximum absolute atomic E-state index is 13.1. The van der Waals surface area contributed by atoms with Crippen LogP contribution in [0.3, 0.4) is 0 Å². The van der Waals surface area contributed by atoms with E-state index in [0.29, 0.717) is 30.0 Å². The van der Waals surface area contributed by atoms with Crippen molar-refractivity contribution in [2.75, 3.05) is 62.5 Å². The van der Waals surface area contributed by atoms with Gasteiger partial charge in [0.05, 0.1) is 11.4 Å². The first-order valence-corrected chi connectivity index (χ1v) is 11.5. The second-order valence-corrected chi connectivity index (χ2v) is 8.83. The molecule has 3 amide bonds. The summed E-state index contributed by atoms with van der Waals surface area (Å²) >= 11 is 0. The second-order valence-electron chi connectivity index (χ2n) is 8.83. The van der Waals surface area contributed by atoms with E-state index in [9.17, 15) is 9.59 Å². The van der Waals surface area contributed by atoms with E-state index < -0.39 is 0 Å². The third-order valence-corrected chi connectivity index (χ3v) is 5.54. The highest BCUT2D eigenvalue weighted by atomic mass is 16.2. The second kappa shape index (κ2) is 11.9. The first-order chi connectivity index (χ1) is 16.7. The molecule has 0 bridgehead atoms. The molecular weight excluding hydrogens is 440 g/mol. The summed E-state index contributed by atoms with van der Waals surface area (Å²) in [5.41, 5.74) is 10.2. The Bertz CT molecular complexity index is 1130.